The average molecular weight is 374 g/mol. The minimum Gasteiger partial charge on any atom is -0.495 e. The van der Waals surface area contributed by atoms with Crippen LogP contribution in [0.1, 0.15) is 28.4 Å². The van der Waals surface area contributed by atoms with Crippen LogP contribution in [0, 0.1) is 0 Å². The quantitative estimate of drug-likeness (QED) is 0.592. The lowest BCUT2D eigenvalue weighted by Gasteiger charge is -2.17. The topological polar surface area (TPSA) is 9.23 Å². The molecule has 0 spiro atoms. The van der Waals surface area contributed by atoms with Gasteiger partial charge in [0, 0.05) is 11.1 Å². The van der Waals surface area contributed by atoms with Crippen LogP contribution in [0.3, 0.4) is 0 Å². The Bertz CT molecular complexity index is 613. The first-order valence-corrected chi connectivity index (χ1v) is 8.00. The maximum Gasteiger partial charge on any atom is 0.138 e. The van der Waals surface area contributed by atoms with E-state index in [1.54, 1.807) is 13.2 Å². The molecule has 0 N–H and O–H groups in total. The molecule has 0 radical (unpaired) electrons. The highest BCUT2D eigenvalue weighted by molar-refractivity contribution is 9.09. The van der Waals surface area contributed by atoms with Gasteiger partial charge in [-0.2, -0.15) is 0 Å². The fourth-order valence-corrected chi connectivity index (χ4v) is 3.63. The van der Waals surface area contributed by atoms with Gasteiger partial charge in [0.15, 0.2) is 0 Å². The number of ether oxygens (including phenoxy) is 1. The summed E-state index contributed by atoms with van der Waals surface area (Å²) >= 11 is 16.3. The Labute approximate surface area is 138 Å². The summed E-state index contributed by atoms with van der Waals surface area (Å²) in [5.74, 6) is 0.587. The normalized spacial score (nSPS) is 12.2. The van der Waals surface area contributed by atoms with Crippen molar-refractivity contribution in [1.29, 1.82) is 0 Å². The van der Waals surface area contributed by atoms with E-state index in [1.165, 1.54) is 11.1 Å². The van der Waals surface area contributed by atoms with Gasteiger partial charge in [0.25, 0.3) is 0 Å². The number of alkyl halides is 1. The second-order valence-electron chi connectivity index (χ2n) is 4.42. The summed E-state index contributed by atoms with van der Waals surface area (Å²) in [5, 5.41) is 1.20. The Balaban J connectivity index is 2.48. The molecular formula is C16H15BrCl2O. The van der Waals surface area contributed by atoms with Gasteiger partial charge in [-0.05, 0) is 29.2 Å². The summed E-state index contributed by atoms with van der Waals surface area (Å²) in [4.78, 5) is 0.00885. The highest BCUT2D eigenvalue weighted by atomic mass is 79.9. The number of hydrogen-bond acceptors (Lipinski definition) is 1. The van der Waals surface area contributed by atoms with Crippen molar-refractivity contribution in [2.75, 3.05) is 7.11 Å². The number of methoxy groups -OCH3 is 1. The predicted octanol–water partition coefficient (Wildman–Crippen LogP) is 6.05. The SMILES string of the molecule is CCc1ccccc1C(Br)c1cc(Cl)c(OC)cc1Cl. The van der Waals surface area contributed by atoms with Crippen LogP contribution in [0.15, 0.2) is 36.4 Å². The summed E-state index contributed by atoms with van der Waals surface area (Å²) < 4.78 is 5.18. The fourth-order valence-electron chi connectivity index (χ4n) is 2.17. The molecule has 0 aromatic heterocycles. The first kappa shape index (κ1) is 15.7. The summed E-state index contributed by atoms with van der Waals surface area (Å²) in [7, 11) is 1.58. The van der Waals surface area contributed by atoms with Crippen molar-refractivity contribution in [2.24, 2.45) is 0 Å². The van der Waals surface area contributed by atoms with E-state index in [9.17, 15) is 0 Å². The average Bonchev–Trinajstić information content (AvgIpc) is 2.48. The summed E-state index contributed by atoms with van der Waals surface area (Å²) in [5.41, 5.74) is 3.44. The molecule has 0 aliphatic carbocycles. The van der Waals surface area contributed by atoms with Gasteiger partial charge in [-0.3, -0.25) is 0 Å². The molecule has 4 heteroatoms. The van der Waals surface area contributed by atoms with E-state index in [0.29, 0.717) is 15.8 Å². The third-order valence-corrected chi connectivity index (χ3v) is 4.86. The molecule has 2 rings (SSSR count). The molecule has 1 unspecified atom stereocenters. The Morgan fingerprint density at radius 2 is 1.80 bits per heavy atom. The second kappa shape index (κ2) is 6.84. The largest absolute Gasteiger partial charge is 0.495 e. The number of rotatable bonds is 4. The zero-order chi connectivity index (χ0) is 14.7. The minimum atomic E-state index is 0.00885. The van der Waals surface area contributed by atoms with Crippen molar-refractivity contribution in [3.05, 3.63) is 63.1 Å². The molecule has 0 fully saturated rings. The zero-order valence-electron chi connectivity index (χ0n) is 11.3. The molecule has 1 nitrogen and oxygen atoms in total. The molecule has 0 aliphatic rings. The van der Waals surface area contributed by atoms with E-state index < -0.39 is 0 Å². The van der Waals surface area contributed by atoms with E-state index in [1.807, 2.05) is 18.2 Å². The number of benzene rings is 2. The fraction of sp³-hybridized carbons (Fsp3) is 0.250. The van der Waals surface area contributed by atoms with Gasteiger partial charge in [0.1, 0.15) is 5.75 Å². The molecule has 2 aromatic carbocycles. The van der Waals surface area contributed by atoms with Crippen LogP contribution in [0.2, 0.25) is 10.0 Å². The molecular weight excluding hydrogens is 359 g/mol. The van der Waals surface area contributed by atoms with E-state index in [2.05, 4.69) is 35.0 Å². The molecule has 2 aromatic rings. The molecule has 1 atom stereocenters. The Morgan fingerprint density at radius 1 is 1.10 bits per heavy atom. The summed E-state index contributed by atoms with van der Waals surface area (Å²) in [6.07, 6.45) is 0.972. The standard InChI is InChI=1S/C16H15BrCl2O/c1-3-10-6-4-5-7-11(10)16(17)12-8-14(19)15(20-2)9-13(12)18/h4-9,16H,3H2,1-2H3. The highest BCUT2D eigenvalue weighted by Crippen LogP contribution is 2.41. The zero-order valence-corrected chi connectivity index (χ0v) is 14.4. The Kier molecular flexibility index (Phi) is 5.36. The van der Waals surface area contributed by atoms with Gasteiger partial charge < -0.3 is 4.74 Å². The van der Waals surface area contributed by atoms with Crippen LogP contribution in [0.4, 0.5) is 0 Å². The third-order valence-electron chi connectivity index (χ3n) is 3.25. The molecule has 0 saturated heterocycles. The molecule has 0 saturated carbocycles. The van der Waals surface area contributed by atoms with Crippen molar-refractivity contribution >= 4 is 39.1 Å². The van der Waals surface area contributed by atoms with E-state index in [0.717, 1.165) is 12.0 Å². The van der Waals surface area contributed by atoms with Gasteiger partial charge >= 0.3 is 0 Å². The maximum absolute atomic E-state index is 6.35. The lowest BCUT2D eigenvalue weighted by molar-refractivity contribution is 0.415. The molecule has 0 amide bonds. The Hall–Kier alpha value is -0.700. The van der Waals surface area contributed by atoms with Crippen molar-refractivity contribution in [2.45, 2.75) is 18.2 Å². The lowest BCUT2D eigenvalue weighted by Crippen LogP contribution is -1.99. The summed E-state index contributed by atoms with van der Waals surface area (Å²) in [6, 6.07) is 11.9. The van der Waals surface area contributed by atoms with Gasteiger partial charge in [0.2, 0.25) is 0 Å². The first-order valence-electron chi connectivity index (χ1n) is 6.33. The second-order valence-corrected chi connectivity index (χ2v) is 6.15. The maximum atomic E-state index is 6.35. The molecule has 106 valence electrons. The van der Waals surface area contributed by atoms with E-state index in [4.69, 9.17) is 27.9 Å². The van der Waals surface area contributed by atoms with Crippen LogP contribution in [-0.2, 0) is 6.42 Å². The molecule has 0 bridgehead atoms. The number of halogens is 3. The number of aryl methyl sites for hydroxylation is 1. The van der Waals surface area contributed by atoms with Crippen LogP contribution in [0.5, 0.6) is 5.75 Å². The monoisotopic (exact) mass is 372 g/mol. The lowest BCUT2D eigenvalue weighted by atomic mass is 9.98. The molecule has 0 aliphatic heterocycles. The van der Waals surface area contributed by atoms with Crippen LogP contribution < -0.4 is 4.74 Å². The van der Waals surface area contributed by atoms with Crippen molar-refractivity contribution < 1.29 is 4.74 Å². The van der Waals surface area contributed by atoms with Crippen molar-refractivity contribution in [1.82, 2.24) is 0 Å². The van der Waals surface area contributed by atoms with Crippen molar-refractivity contribution in [3.63, 3.8) is 0 Å². The minimum absolute atomic E-state index is 0.00885. The van der Waals surface area contributed by atoms with Gasteiger partial charge in [-0.1, -0.05) is 70.3 Å². The highest BCUT2D eigenvalue weighted by Gasteiger charge is 2.18. The van der Waals surface area contributed by atoms with E-state index in [-0.39, 0.29) is 4.83 Å². The Morgan fingerprint density at radius 3 is 2.45 bits per heavy atom. The molecule has 20 heavy (non-hydrogen) atoms. The van der Waals surface area contributed by atoms with E-state index >= 15 is 0 Å². The predicted molar refractivity (Wildman–Crippen MR) is 89.6 cm³/mol. The van der Waals surface area contributed by atoms with Gasteiger partial charge in [0.05, 0.1) is 17.0 Å². The third kappa shape index (κ3) is 3.13. The first-order chi connectivity index (χ1) is 9.58. The van der Waals surface area contributed by atoms with Gasteiger partial charge in [-0.15, -0.1) is 0 Å². The summed E-state index contributed by atoms with van der Waals surface area (Å²) in [6.45, 7) is 2.14. The van der Waals surface area contributed by atoms with Crippen LogP contribution in [-0.4, -0.2) is 7.11 Å². The smallest absolute Gasteiger partial charge is 0.138 e. The van der Waals surface area contributed by atoms with Crippen LogP contribution in [0.25, 0.3) is 0 Å². The molecule has 0 heterocycles. The van der Waals surface area contributed by atoms with Gasteiger partial charge in [-0.25, -0.2) is 0 Å². The van der Waals surface area contributed by atoms with Crippen molar-refractivity contribution in [3.8, 4) is 5.75 Å². The number of hydrogen-bond donors (Lipinski definition) is 0. The van der Waals surface area contributed by atoms with Crippen LogP contribution >= 0.6 is 39.1 Å².